The van der Waals surface area contributed by atoms with Crippen LogP contribution in [0.3, 0.4) is 0 Å². The molecule has 0 bridgehead atoms. The Hall–Kier alpha value is -3.07. The predicted octanol–water partition coefficient (Wildman–Crippen LogP) is 2.52. The molecular formula is C20H24N2O6S. The van der Waals surface area contributed by atoms with Crippen LogP contribution in [0.25, 0.3) is 0 Å². The van der Waals surface area contributed by atoms with Crippen molar-refractivity contribution in [3.63, 3.8) is 0 Å². The average molecular weight is 420 g/mol. The number of hydrogen-bond donors (Lipinski definition) is 1. The molecule has 1 atom stereocenters. The van der Waals surface area contributed by atoms with Gasteiger partial charge in [0.05, 0.1) is 22.8 Å². The molecule has 8 nitrogen and oxygen atoms in total. The van der Waals surface area contributed by atoms with Crippen molar-refractivity contribution in [2.24, 2.45) is 0 Å². The molecule has 1 amide bonds. The Morgan fingerprint density at radius 1 is 1.07 bits per heavy atom. The number of hydrogen-bond acceptors (Lipinski definition) is 6. The SMILES string of the molecule is CCOc1ccc(S(=O)(=O)Nc2ccccc2C(=O)O[C@H](C)C(=O)N(C)C)cc1. The van der Waals surface area contributed by atoms with Gasteiger partial charge in [-0.2, -0.15) is 0 Å². The molecule has 156 valence electrons. The molecule has 2 aromatic carbocycles. The summed E-state index contributed by atoms with van der Waals surface area (Å²) in [5, 5.41) is 0. The van der Waals surface area contributed by atoms with Crippen LogP contribution in [0.4, 0.5) is 5.69 Å². The van der Waals surface area contributed by atoms with Gasteiger partial charge >= 0.3 is 5.97 Å². The van der Waals surface area contributed by atoms with Gasteiger partial charge in [0.2, 0.25) is 0 Å². The van der Waals surface area contributed by atoms with Crippen LogP contribution in [0.2, 0.25) is 0 Å². The molecule has 0 aliphatic rings. The molecule has 0 aliphatic carbocycles. The molecule has 0 heterocycles. The summed E-state index contributed by atoms with van der Waals surface area (Å²) < 4.78 is 38.3. The van der Waals surface area contributed by atoms with Crippen LogP contribution >= 0.6 is 0 Å². The lowest BCUT2D eigenvalue weighted by Crippen LogP contribution is -2.35. The van der Waals surface area contributed by atoms with E-state index in [1.807, 2.05) is 6.92 Å². The Kier molecular flexibility index (Phi) is 7.22. The summed E-state index contributed by atoms with van der Waals surface area (Å²) in [5.41, 5.74) is 0.0521. The monoisotopic (exact) mass is 420 g/mol. The number of nitrogens with one attached hydrogen (secondary N) is 1. The number of amides is 1. The van der Waals surface area contributed by atoms with Crippen molar-refractivity contribution in [2.45, 2.75) is 24.8 Å². The quantitative estimate of drug-likeness (QED) is 0.659. The van der Waals surface area contributed by atoms with Gasteiger partial charge in [-0.1, -0.05) is 12.1 Å². The van der Waals surface area contributed by atoms with Crippen molar-refractivity contribution in [1.29, 1.82) is 0 Å². The number of anilines is 1. The molecule has 0 fully saturated rings. The molecule has 0 saturated heterocycles. The molecule has 2 aromatic rings. The molecule has 0 saturated carbocycles. The average Bonchev–Trinajstić information content (AvgIpc) is 2.68. The van der Waals surface area contributed by atoms with Crippen molar-refractivity contribution in [3.05, 3.63) is 54.1 Å². The van der Waals surface area contributed by atoms with Crippen molar-refractivity contribution in [1.82, 2.24) is 4.90 Å². The van der Waals surface area contributed by atoms with Crippen LogP contribution in [0, 0.1) is 0 Å². The first-order valence-electron chi connectivity index (χ1n) is 8.92. The lowest BCUT2D eigenvalue weighted by Gasteiger charge is -2.18. The molecule has 1 N–H and O–H groups in total. The number of carbonyl (C=O) groups is 2. The highest BCUT2D eigenvalue weighted by molar-refractivity contribution is 7.92. The number of rotatable bonds is 8. The fourth-order valence-corrected chi connectivity index (χ4v) is 3.55. The maximum atomic E-state index is 12.7. The highest BCUT2D eigenvalue weighted by Crippen LogP contribution is 2.23. The van der Waals surface area contributed by atoms with Gasteiger partial charge < -0.3 is 14.4 Å². The topological polar surface area (TPSA) is 102 Å². The van der Waals surface area contributed by atoms with E-state index in [1.165, 1.54) is 36.1 Å². The summed E-state index contributed by atoms with van der Waals surface area (Å²) in [7, 11) is -0.853. The van der Waals surface area contributed by atoms with Gasteiger partial charge in [0.25, 0.3) is 15.9 Å². The third-order valence-electron chi connectivity index (χ3n) is 3.91. The van der Waals surface area contributed by atoms with E-state index in [0.717, 1.165) is 0 Å². The van der Waals surface area contributed by atoms with E-state index >= 15 is 0 Å². The predicted molar refractivity (Wildman–Crippen MR) is 108 cm³/mol. The van der Waals surface area contributed by atoms with E-state index in [0.29, 0.717) is 12.4 Å². The second-order valence-corrected chi connectivity index (χ2v) is 8.02. The minimum Gasteiger partial charge on any atom is -0.494 e. The zero-order valence-electron chi connectivity index (χ0n) is 16.7. The number of esters is 1. The first kappa shape index (κ1) is 22.2. The summed E-state index contributed by atoms with van der Waals surface area (Å²) >= 11 is 0. The number of sulfonamides is 1. The Balaban J connectivity index is 2.23. The molecule has 9 heteroatoms. The molecule has 2 rings (SSSR count). The third kappa shape index (κ3) is 5.71. The second-order valence-electron chi connectivity index (χ2n) is 6.34. The van der Waals surface area contributed by atoms with Gasteiger partial charge in [-0.25, -0.2) is 13.2 Å². The van der Waals surface area contributed by atoms with E-state index in [2.05, 4.69) is 4.72 Å². The summed E-state index contributed by atoms with van der Waals surface area (Å²) in [6.45, 7) is 3.75. The molecule has 0 aliphatic heterocycles. The normalized spacial score (nSPS) is 12.0. The van der Waals surface area contributed by atoms with Gasteiger partial charge in [-0.05, 0) is 50.2 Å². The fraction of sp³-hybridized carbons (Fsp3) is 0.300. The minimum absolute atomic E-state index is 0.000387. The Bertz CT molecular complexity index is 971. The number of ether oxygens (including phenoxy) is 2. The number of likely N-dealkylation sites (N-methyl/N-ethyl adjacent to an activating group) is 1. The smallest absolute Gasteiger partial charge is 0.341 e. The van der Waals surface area contributed by atoms with Gasteiger partial charge in [0, 0.05) is 14.1 Å². The molecule has 0 aromatic heterocycles. The van der Waals surface area contributed by atoms with Crippen LogP contribution in [-0.4, -0.2) is 52.0 Å². The number of carbonyl (C=O) groups excluding carboxylic acids is 2. The van der Waals surface area contributed by atoms with Crippen LogP contribution in [0.15, 0.2) is 53.4 Å². The van der Waals surface area contributed by atoms with Crippen molar-refractivity contribution in [2.75, 3.05) is 25.4 Å². The van der Waals surface area contributed by atoms with E-state index in [4.69, 9.17) is 9.47 Å². The van der Waals surface area contributed by atoms with Crippen molar-refractivity contribution in [3.8, 4) is 5.75 Å². The maximum absolute atomic E-state index is 12.7. The first-order chi connectivity index (χ1) is 13.7. The van der Waals surface area contributed by atoms with Gasteiger partial charge in [0.1, 0.15) is 5.75 Å². The van der Waals surface area contributed by atoms with Gasteiger partial charge in [-0.3, -0.25) is 9.52 Å². The first-order valence-corrected chi connectivity index (χ1v) is 10.4. The second kappa shape index (κ2) is 9.42. The molecule has 0 spiro atoms. The summed E-state index contributed by atoms with van der Waals surface area (Å²) in [6.07, 6.45) is -1.01. The zero-order chi connectivity index (χ0) is 21.6. The summed E-state index contributed by atoms with van der Waals surface area (Å²) in [6, 6.07) is 11.9. The molecular weight excluding hydrogens is 396 g/mol. The van der Waals surface area contributed by atoms with Crippen LogP contribution in [0.5, 0.6) is 5.75 Å². The lowest BCUT2D eigenvalue weighted by molar-refractivity contribution is -0.137. The van der Waals surface area contributed by atoms with Crippen LogP contribution in [0.1, 0.15) is 24.2 Å². The Labute approximate surface area is 170 Å². The zero-order valence-corrected chi connectivity index (χ0v) is 17.5. The highest BCUT2D eigenvalue weighted by Gasteiger charge is 2.24. The minimum atomic E-state index is -3.95. The largest absolute Gasteiger partial charge is 0.494 e. The van der Waals surface area contributed by atoms with Gasteiger partial charge in [0.15, 0.2) is 6.10 Å². The fourth-order valence-electron chi connectivity index (χ4n) is 2.47. The summed E-state index contributed by atoms with van der Waals surface area (Å²) in [5.74, 6) is -0.640. The van der Waals surface area contributed by atoms with E-state index < -0.39 is 22.1 Å². The number of para-hydroxylation sites is 1. The molecule has 0 unspecified atom stereocenters. The van der Waals surface area contributed by atoms with Crippen LogP contribution in [-0.2, 0) is 19.6 Å². The Morgan fingerprint density at radius 2 is 1.69 bits per heavy atom. The maximum Gasteiger partial charge on any atom is 0.341 e. The molecule has 0 radical (unpaired) electrons. The standard InChI is InChI=1S/C20H24N2O6S/c1-5-27-15-10-12-16(13-11-15)29(25,26)21-18-9-7-6-8-17(18)20(24)28-14(2)19(23)22(3)4/h6-14,21H,5H2,1-4H3/t14-/m1/s1. The van der Waals surface area contributed by atoms with Crippen molar-refractivity contribution < 1.29 is 27.5 Å². The van der Waals surface area contributed by atoms with E-state index in [-0.39, 0.29) is 22.1 Å². The summed E-state index contributed by atoms with van der Waals surface area (Å²) in [4.78, 5) is 25.7. The van der Waals surface area contributed by atoms with E-state index in [9.17, 15) is 18.0 Å². The third-order valence-corrected chi connectivity index (χ3v) is 5.29. The van der Waals surface area contributed by atoms with E-state index in [1.54, 1.807) is 38.4 Å². The highest BCUT2D eigenvalue weighted by atomic mass is 32.2. The number of nitrogens with zero attached hydrogens (tertiary/aromatic N) is 1. The van der Waals surface area contributed by atoms with Crippen molar-refractivity contribution >= 4 is 27.6 Å². The van der Waals surface area contributed by atoms with Crippen LogP contribution < -0.4 is 9.46 Å². The number of benzene rings is 2. The molecule has 29 heavy (non-hydrogen) atoms. The van der Waals surface area contributed by atoms with Gasteiger partial charge in [-0.15, -0.1) is 0 Å². The Morgan fingerprint density at radius 3 is 2.28 bits per heavy atom. The lowest BCUT2D eigenvalue weighted by atomic mass is 10.2.